The second-order valence-electron chi connectivity index (χ2n) is 7.08. The predicted molar refractivity (Wildman–Crippen MR) is 91.9 cm³/mol. The predicted octanol–water partition coefficient (Wildman–Crippen LogP) is 3.56. The number of aryl methyl sites for hydroxylation is 1. The first kappa shape index (κ1) is 14.9. The van der Waals surface area contributed by atoms with Crippen molar-refractivity contribution < 1.29 is 0 Å². The third kappa shape index (κ3) is 3.32. The van der Waals surface area contributed by atoms with Crippen molar-refractivity contribution in [2.45, 2.75) is 56.9 Å². The SMILES string of the molecule is CN1CCCC[C@H]1CCc1nc(C2CC2)nn1-c1ccccc1. The molecule has 2 fully saturated rings. The summed E-state index contributed by atoms with van der Waals surface area (Å²) in [5, 5.41) is 4.82. The minimum Gasteiger partial charge on any atom is -0.303 e. The molecule has 122 valence electrons. The van der Waals surface area contributed by atoms with Crippen LogP contribution in [0, 0.1) is 0 Å². The van der Waals surface area contributed by atoms with Gasteiger partial charge in [-0.05, 0) is 57.8 Å². The van der Waals surface area contributed by atoms with Crippen LogP contribution in [-0.2, 0) is 6.42 Å². The average molecular weight is 310 g/mol. The normalized spacial score (nSPS) is 22.4. The summed E-state index contributed by atoms with van der Waals surface area (Å²) in [6, 6.07) is 11.2. The Balaban J connectivity index is 1.54. The first-order chi connectivity index (χ1) is 11.3. The molecule has 1 aliphatic carbocycles. The molecule has 0 radical (unpaired) electrons. The fourth-order valence-electron chi connectivity index (χ4n) is 3.62. The molecular weight excluding hydrogens is 284 g/mol. The van der Waals surface area contributed by atoms with E-state index in [9.17, 15) is 0 Å². The number of likely N-dealkylation sites (tertiary alicyclic amines) is 1. The molecule has 1 atom stereocenters. The second-order valence-corrected chi connectivity index (χ2v) is 7.08. The monoisotopic (exact) mass is 310 g/mol. The van der Waals surface area contributed by atoms with Gasteiger partial charge in [-0.2, -0.15) is 5.10 Å². The van der Waals surface area contributed by atoms with Crippen LogP contribution in [0.5, 0.6) is 0 Å². The molecule has 2 aliphatic rings. The molecule has 2 heterocycles. The number of aromatic nitrogens is 3. The molecule has 1 saturated carbocycles. The fraction of sp³-hybridized carbons (Fsp3) is 0.579. The maximum atomic E-state index is 4.89. The number of piperidine rings is 1. The molecule has 1 aromatic carbocycles. The lowest BCUT2D eigenvalue weighted by Crippen LogP contribution is -2.36. The third-order valence-electron chi connectivity index (χ3n) is 5.26. The van der Waals surface area contributed by atoms with Gasteiger partial charge in [-0.25, -0.2) is 9.67 Å². The summed E-state index contributed by atoms with van der Waals surface area (Å²) in [5.74, 6) is 2.80. The Morgan fingerprint density at radius 3 is 2.65 bits per heavy atom. The van der Waals surface area contributed by atoms with Crippen LogP contribution in [0.2, 0.25) is 0 Å². The van der Waals surface area contributed by atoms with Crippen LogP contribution in [0.25, 0.3) is 5.69 Å². The van der Waals surface area contributed by atoms with E-state index in [2.05, 4.69) is 47.0 Å². The number of hydrogen-bond donors (Lipinski definition) is 0. The first-order valence-corrected chi connectivity index (χ1v) is 9.03. The minimum atomic E-state index is 0.607. The zero-order valence-electron chi connectivity index (χ0n) is 14.0. The average Bonchev–Trinajstić information content (AvgIpc) is 3.35. The van der Waals surface area contributed by atoms with E-state index in [1.807, 2.05) is 0 Å². The van der Waals surface area contributed by atoms with E-state index >= 15 is 0 Å². The number of benzene rings is 1. The van der Waals surface area contributed by atoms with Crippen LogP contribution < -0.4 is 0 Å². The van der Waals surface area contributed by atoms with Gasteiger partial charge in [0.1, 0.15) is 5.82 Å². The maximum Gasteiger partial charge on any atom is 0.154 e. The Morgan fingerprint density at radius 1 is 1.09 bits per heavy atom. The summed E-state index contributed by atoms with van der Waals surface area (Å²) in [5.41, 5.74) is 1.14. The van der Waals surface area contributed by atoms with E-state index in [1.54, 1.807) is 0 Å². The molecule has 4 rings (SSSR count). The summed E-state index contributed by atoms with van der Waals surface area (Å²) in [6.45, 7) is 1.24. The quantitative estimate of drug-likeness (QED) is 0.847. The molecule has 1 aliphatic heterocycles. The van der Waals surface area contributed by atoms with Gasteiger partial charge in [-0.15, -0.1) is 0 Å². The largest absolute Gasteiger partial charge is 0.303 e. The van der Waals surface area contributed by atoms with E-state index in [0.717, 1.165) is 23.8 Å². The Hall–Kier alpha value is -1.68. The van der Waals surface area contributed by atoms with Crippen molar-refractivity contribution in [1.82, 2.24) is 19.7 Å². The van der Waals surface area contributed by atoms with E-state index in [-0.39, 0.29) is 0 Å². The molecule has 1 aromatic heterocycles. The Morgan fingerprint density at radius 2 is 1.91 bits per heavy atom. The van der Waals surface area contributed by atoms with E-state index in [4.69, 9.17) is 10.1 Å². The summed E-state index contributed by atoms with van der Waals surface area (Å²) < 4.78 is 2.08. The van der Waals surface area contributed by atoms with Gasteiger partial charge in [0.2, 0.25) is 0 Å². The molecule has 0 spiro atoms. The van der Waals surface area contributed by atoms with Gasteiger partial charge in [0.25, 0.3) is 0 Å². The molecule has 0 bridgehead atoms. The standard InChI is InChI=1S/C19H26N4/c1-22-14-6-5-7-16(22)12-13-18-20-19(15-10-11-15)21-23(18)17-8-3-2-4-9-17/h2-4,8-9,15-16H,5-7,10-14H2,1H3/t16-/m0/s1. The summed E-state index contributed by atoms with van der Waals surface area (Å²) in [6.07, 6.45) is 8.75. The van der Waals surface area contributed by atoms with Gasteiger partial charge >= 0.3 is 0 Å². The highest BCUT2D eigenvalue weighted by Gasteiger charge is 2.29. The molecule has 0 amide bonds. The maximum absolute atomic E-state index is 4.89. The summed E-state index contributed by atoms with van der Waals surface area (Å²) in [4.78, 5) is 7.41. The fourth-order valence-corrected chi connectivity index (χ4v) is 3.62. The lowest BCUT2D eigenvalue weighted by Gasteiger charge is -2.32. The van der Waals surface area contributed by atoms with Gasteiger partial charge in [0.15, 0.2) is 5.82 Å². The first-order valence-electron chi connectivity index (χ1n) is 9.03. The zero-order chi connectivity index (χ0) is 15.6. The second kappa shape index (κ2) is 6.44. The van der Waals surface area contributed by atoms with Crippen molar-refractivity contribution in [3.05, 3.63) is 42.0 Å². The third-order valence-corrected chi connectivity index (χ3v) is 5.26. The highest BCUT2D eigenvalue weighted by atomic mass is 15.4. The van der Waals surface area contributed by atoms with Gasteiger partial charge in [0.05, 0.1) is 5.69 Å². The van der Waals surface area contributed by atoms with Gasteiger partial charge in [-0.3, -0.25) is 0 Å². The van der Waals surface area contributed by atoms with Crippen molar-refractivity contribution in [3.8, 4) is 5.69 Å². The van der Waals surface area contributed by atoms with Crippen molar-refractivity contribution in [3.63, 3.8) is 0 Å². The molecule has 1 saturated heterocycles. The molecule has 2 aromatic rings. The highest BCUT2D eigenvalue weighted by molar-refractivity contribution is 5.31. The number of hydrogen-bond acceptors (Lipinski definition) is 3. The smallest absolute Gasteiger partial charge is 0.154 e. The molecule has 4 heteroatoms. The summed E-state index contributed by atoms with van der Waals surface area (Å²) >= 11 is 0. The topological polar surface area (TPSA) is 34.0 Å². The molecular formula is C19H26N4. The molecule has 4 nitrogen and oxygen atoms in total. The van der Waals surface area contributed by atoms with E-state index in [1.165, 1.54) is 45.1 Å². The zero-order valence-corrected chi connectivity index (χ0v) is 14.0. The van der Waals surface area contributed by atoms with Crippen molar-refractivity contribution in [2.75, 3.05) is 13.6 Å². The lowest BCUT2D eigenvalue weighted by molar-refractivity contribution is 0.175. The number of para-hydroxylation sites is 1. The van der Waals surface area contributed by atoms with Gasteiger partial charge in [0, 0.05) is 18.4 Å². The van der Waals surface area contributed by atoms with Gasteiger partial charge < -0.3 is 4.90 Å². The van der Waals surface area contributed by atoms with Crippen LogP contribution in [0.4, 0.5) is 0 Å². The van der Waals surface area contributed by atoms with Crippen LogP contribution in [0.3, 0.4) is 0 Å². The Bertz CT molecular complexity index is 645. The Labute approximate surface area is 138 Å². The van der Waals surface area contributed by atoms with Crippen molar-refractivity contribution in [2.24, 2.45) is 0 Å². The minimum absolute atomic E-state index is 0.607. The van der Waals surface area contributed by atoms with Crippen molar-refractivity contribution >= 4 is 0 Å². The van der Waals surface area contributed by atoms with E-state index in [0.29, 0.717) is 12.0 Å². The van der Waals surface area contributed by atoms with Gasteiger partial charge in [-0.1, -0.05) is 24.6 Å². The molecule has 23 heavy (non-hydrogen) atoms. The number of nitrogens with zero attached hydrogens (tertiary/aromatic N) is 4. The molecule has 0 N–H and O–H groups in total. The molecule has 0 unspecified atom stereocenters. The van der Waals surface area contributed by atoms with Crippen LogP contribution in [0.15, 0.2) is 30.3 Å². The van der Waals surface area contributed by atoms with E-state index < -0.39 is 0 Å². The Kier molecular flexibility index (Phi) is 4.17. The highest BCUT2D eigenvalue weighted by Crippen LogP contribution is 2.38. The summed E-state index contributed by atoms with van der Waals surface area (Å²) in [7, 11) is 2.27. The lowest BCUT2D eigenvalue weighted by atomic mass is 9.98. The van der Waals surface area contributed by atoms with Crippen LogP contribution in [-0.4, -0.2) is 39.3 Å². The number of rotatable bonds is 5. The van der Waals surface area contributed by atoms with Crippen LogP contribution >= 0.6 is 0 Å². The van der Waals surface area contributed by atoms with Crippen molar-refractivity contribution in [1.29, 1.82) is 0 Å². The van der Waals surface area contributed by atoms with Crippen LogP contribution in [0.1, 0.15) is 56.1 Å².